The van der Waals surface area contributed by atoms with Gasteiger partial charge in [0.2, 0.25) is 5.91 Å². The molecule has 0 saturated carbocycles. The number of carbonyl (C=O) groups is 2. The molecule has 0 aromatic carbocycles. The van der Waals surface area contributed by atoms with Crippen molar-refractivity contribution in [3.05, 3.63) is 0 Å². The van der Waals surface area contributed by atoms with Crippen LogP contribution in [0.3, 0.4) is 0 Å². The summed E-state index contributed by atoms with van der Waals surface area (Å²) in [6.45, 7) is 4.17. The maximum absolute atomic E-state index is 11.1. The average Bonchev–Trinajstić information content (AvgIpc) is 2.50. The van der Waals surface area contributed by atoms with Crippen LogP contribution in [0, 0.1) is 0 Å². The molecule has 1 heterocycles. The van der Waals surface area contributed by atoms with Crippen molar-refractivity contribution in [1.82, 2.24) is 4.90 Å². The van der Waals surface area contributed by atoms with E-state index >= 15 is 0 Å². The third-order valence-electron chi connectivity index (χ3n) is 2.71. The van der Waals surface area contributed by atoms with Crippen LogP contribution in [0.4, 0.5) is 0 Å². The molecule has 13 heavy (non-hydrogen) atoms. The fraction of sp³-hybridized carbons (Fsp3) is 0.778. The molecule has 1 fully saturated rings. The molecule has 0 aromatic heterocycles. The fourth-order valence-corrected chi connectivity index (χ4v) is 1.79. The highest BCUT2D eigenvalue weighted by molar-refractivity contribution is 5.84. The fourth-order valence-electron chi connectivity index (χ4n) is 1.79. The summed E-state index contributed by atoms with van der Waals surface area (Å²) in [5.74, 6) is -0.223. The molecule has 1 aliphatic rings. The lowest BCUT2D eigenvalue weighted by molar-refractivity contribution is -0.126. The molecular weight excluding hydrogens is 168 g/mol. The number of nitrogens with two attached hydrogens (primary N) is 1. The summed E-state index contributed by atoms with van der Waals surface area (Å²) >= 11 is 0. The van der Waals surface area contributed by atoms with Crippen molar-refractivity contribution >= 4 is 11.7 Å². The largest absolute Gasteiger partial charge is 0.368 e. The average molecular weight is 184 g/mol. The van der Waals surface area contributed by atoms with E-state index in [0.29, 0.717) is 0 Å². The molecule has 1 amide bonds. The Labute approximate surface area is 78.1 Å². The molecule has 2 N–H and O–H groups in total. The van der Waals surface area contributed by atoms with Gasteiger partial charge in [0.25, 0.3) is 0 Å². The topological polar surface area (TPSA) is 63.4 Å². The Kier molecular flexibility index (Phi) is 3.03. The highest BCUT2D eigenvalue weighted by Crippen LogP contribution is 2.19. The molecule has 2 unspecified atom stereocenters. The zero-order valence-corrected chi connectivity index (χ0v) is 8.12. The third kappa shape index (κ3) is 2.06. The SMILES string of the molecule is CC(=O)C(C)N1CCCC1C(N)=O. The van der Waals surface area contributed by atoms with Crippen molar-refractivity contribution in [2.45, 2.75) is 38.8 Å². The molecule has 0 bridgehead atoms. The van der Waals surface area contributed by atoms with Crippen molar-refractivity contribution in [2.75, 3.05) is 6.54 Å². The van der Waals surface area contributed by atoms with Gasteiger partial charge in [-0.15, -0.1) is 0 Å². The maximum atomic E-state index is 11.1. The summed E-state index contributed by atoms with van der Waals surface area (Å²) in [4.78, 5) is 24.0. The van der Waals surface area contributed by atoms with Gasteiger partial charge in [0.05, 0.1) is 12.1 Å². The Bertz CT molecular complexity index is 228. The summed E-state index contributed by atoms with van der Waals surface area (Å²) in [7, 11) is 0. The van der Waals surface area contributed by atoms with Crippen LogP contribution in [-0.4, -0.2) is 35.2 Å². The standard InChI is InChI=1S/C9H16N2O2/c1-6(7(2)12)11-5-3-4-8(11)9(10)13/h6,8H,3-5H2,1-2H3,(H2,10,13). The molecule has 1 rings (SSSR count). The first kappa shape index (κ1) is 10.2. The van der Waals surface area contributed by atoms with Crippen LogP contribution >= 0.6 is 0 Å². The second kappa shape index (κ2) is 3.87. The van der Waals surface area contributed by atoms with Crippen molar-refractivity contribution < 1.29 is 9.59 Å². The Morgan fingerprint density at radius 3 is 2.62 bits per heavy atom. The minimum Gasteiger partial charge on any atom is -0.368 e. The first-order valence-corrected chi connectivity index (χ1v) is 4.59. The first-order chi connectivity index (χ1) is 6.04. The van der Waals surface area contributed by atoms with Crippen molar-refractivity contribution in [3.8, 4) is 0 Å². The minimum absolute atomic E-state index is 0.0909. The van der Waals surface area contributed by atoms with Crippen LogP contribution in [0.1, 0.15) is 26.7 Å². The summed E-state index contributed by atoms with van der Waals surface area (Å²) in [6.07, 6.45) is 1.73. The van der Waals surface area contributed by atoms with E-state index in [1.54, 1.807) is 6.92 Å². The molecule has 1 aliphatic heterocycles. The number of primary amides is 1. The van der Waals surface area contributed by atoms with Gasteiger partial charge in [-0.3, -0.25) is 14.5 Å². The Morgan fingerprint density at radius 2 is 2.15 bits per heavy atom. The van der Waals surface area contributed by atoms with E-state index in [-0.39, 0.29) is 23.8 Å². The van der Waals surface area contributed by atoms with Gasteiger partial charge >= 0.3 is 0 Å². The summed E-state index contributed by atoms with van der Waals surface area (Å²) in [6, 6.07) is -0.418. The monoisotopic (exact) mass is 184 g/mol. The number of hydrogen-bond donors (Lipinski definition) is 1. The lowest BCUT2D eigenvalue weighted by Crippen LogP contribution is -2.47. The summed E-state index contributed by atoms with van der Waals surface area (Å²) in [5.41, 5.74) is 5.23. The highest BCUT2D eigenvalue weighted by atomic mass is 16.1. The normalized spacial score (nSPS) is 25.8. The van der Waals surface area contributed by atoms with E-state index in [0.717, 1.165) is 19.4 Å². The molecule has 0 spiro atoms. The number of amides is 1. The van der Waals surface area contributed by atoms with Crippen LogP contribution in [0.25, 0.3) is 0 Å². The van der Waals surface area contributed by atoms with Gasteiger partial charge < -0.3 is 5.73 Å². The predicted molar refractivity (Wildman–Crippen MR) is 49.1 cm³/mol. The number of rotatable bonds is 3. The van der Waals surface area contributed by atoms with Gasteiger partial charge in [0.1, 0.15) is 5.78 Å². The second-order valence-electron chi connectivity index (χ2n) is 3.58. The molecule has 74 valence electrons. The first-order valence-electron chi connectivity index (χ1n) is 4.59. The smallest absolute Gasteiger partial charge is 0.234 e. The van der Waals surface area contributed by atoms with Gasteiger partial charge in [-0.25, -0.2) is 0 Å². The van der Waals surface area contributed by atoms with Crippen molar-refractivity contribution in [3.63, 3.8) is 0 Å². The van der Waals surface area contributed by atoms with E-state index in [2.05, 4.69) is 0 Å². The van der Waals surface area contributed by atoms with Crippen molar-refractivity contribution in [1.29, 1.82) is 0 Å². The molecule has 0 radical (unpaired) electrons. The molecule has 4 heteroatoms. The van der Waals surface area contributed by atoms with E-state index in [1.807, 2.05) is 11.8 Å². The van der Waals surface area contributed by atoms with Crippen LogP contribution in [0.2, 0.25) is 0 Å². The summed E-state index contributed by atoms with van der Waals surface area (Å²) in [5, 5.41) is 0. The zero-order valence-electron chi connectivity index (χ0n) is 8.12. The van der Waals surface area contributed by atoms with Gasteiger partial charge in [0.15, 0.2) is 0 Å². The third-order valence-corrected chi connectivity index (χ3v) is 2.71. The van der Waals surface area contributed by atoms with Gasteiger partial charge in [0, 0.05) is 0 Å². The predicted octanol–water partition coefficient (Wildman–Crippen LogP) is -0.0864. The number of carbonyl (C=O) groups excluding carboxylic acids is 2. The van der Waals surface area contributed by atoms with Gasteiger partial charge in [-0.05, 0) is 33.2 Å². The van der Waals surface area contributed by atoms with Crippen LogP contribution in [0.15, 0.2) is 0 Å². The van der Waals surface area contributed by atoms with E-state index in [9.17, 15) is 9.59 Å². The Morgan fingerprint density at radius 1 is 1.54 bits per heavy atom. The number of nitrogens with zero attached hydrogens (tertiary/aromatic N) is 1. The molecule has 1 saturated heterocycles. The van der Waals surface area contributed by atoms with Crippen LogP contribution in [0.5, 0.6) is 0 Å². The minimum atomic E-state index is -0.314. The molecule has 0 aliphatic carbocycles. The van der Waals surface area contributed by atoms with E-state index in [1.165, 1.54) is 0 Å². The highest BCUT2D eigenvalue weighted by Gasteiger charge is 2.33. The lowest BCUT2D eigenvalue weighted by Gasteiger charge is -2.26. The molecular formula is C9H16N2O2. The van der Waals surface area contributed by atoms with Crippen LogP contribution in [-0.2, 0) is 9.59 Å². The molecule has 0 aromatic rings. The van der Waals surface area contributed by atoms with Crippen molar-refractivity contribution in [2.24, 2.45) is 5.73 Å². The quantitative estimate of drug-likeness (QED) is 0.667. The number of hydrogen-bond acceptors (Lipinski definition) is 3. The zero-order chi connectivity index (χ0) is 10.0. The van der Waals surface area contributed by atoms with Gasteiger partial charge in [-0.2, -0.15) is 0 Å². The van der Waals surface area contributed by atoms with E-state index in [4.69, 9.17) is 5.73 Å². The van der Waals surface area contributed by atoms with E-state index < -0.39 is 0 Å². The summed E-state index contributed by atoms with van der Waals surface area (Å²) < 4.78 is 0. The second-order valence-corrected chi connectivity index (χ2v) is 3.58. The molecule has 2 atom stereocenters. The van der Waals surface area contributed by atoms with Gasteiger partial charge in [-0.1, -0.05) is 0 Å². The molecule has 4 nitrogen and oxygen atoms in total. The maximum Gasteiger partial charge on any atom is 0.234 e. The number of likely N-dealkylation sites (tertiary alicyclic amines) is 1. The number of Topliss-reactive ketones (excluding diaryl/α,β-unsaturated/α-hetero) is 1. The number of ketones is 1. The Balaban J connectivity index is 2.68. The lowest BCUT2D eigenvalue weighted by atomic mass is 10.1. The Hall–Kier alpha value is -0.900. The van der Waals surface area contributed by atoms with Crippen LogP contribution < -0.4 is 5.73 Å².